The van der Waals surface area contributed by atoms with Crippen LogP contribution in [0, 0.1) is 0 Å². The zero-order valence-corrected chi connectivity index (χ0v) is 12.9. The molecule has 122 valence electrons. The number of rotatable bonds is 3. The smallest absolute Gasteiger partial charge is 0.327 e. The molecule has 0 saturated carbocycles. The molecule has 3 saturated heterocycles. The van der Waals surface area contributed by atoms with Crippen molar-refractivity contribution in [3.8, 4) is 0 Å². The van der Waals surface area contributed by atoms with E-state index >= 15 is 0 Å². The quantitative estimate of drug-likeness (QED) is 0.613. The van der Waals surface area contributed by atoms with E-state index in [9.17, 15) is 14.4 Å². The first-order chi connectivity index (χ1) is 10.6. The molecule has 1 atom stereocenters. The molecule has 0 N–H and O–H groups in total. The summed E-state index contributed by atoms with van der Waals surface area (Å²) in [7, 11) is 0. The number of urea groups is 1. The van der Waals surface area contributed by atoms with E-state index in [0.29, 0.717) is 59.0 Å². The molecule has 0 radical (unpaired) electrons. The molecule has 3 aliphatic heterocycles. The van der Waals surface area contributed by atoms with Gasteiger partial charge in [0.05, 0.1) is 19.8 Å². The Hall–Kier alpha value is -1.67. The van der Waals surface area contributed by atoms with E-state index in [0.717, 1.165) is 0 Å². The highest BCUT2D eigenvalue weighted by atomic mass is 16.5. The molecule has 0 spiro atoms. The summed E-state index contributed by atoms with van der Waals surface area (Å²) in [5.41, 5.74) is 0. The van der Waals surface area contributed by atoms with Crippen LogP contribution in [0.4, 0.5) is 4.79 Å². The molecule has 0 aromatic rings. The molecular formula is C14H22N4O4. The van der Waals surface area contributed by atoms with Crippen LogP contribution in [-0.2, 0) is 14.3 Å². The third-order valence-corrected chi connectivity index (χ3v) is 4.53. The van der Waals surface area contributed by atoms with Crippen molar-refractivity contribution in [3.63, 3.8) is 0 Å². The van der Waals surface area contributed by atoms with Gasteiger partial charge in [0.2, 0.25) is 5.91 Å². The summed E-state index contributed by atoms with van der Waals surface area (Å²) in [6.45, 7) is 6.50. The van der Waals surface area contributed by atoms with Crippen molar-refractivity contribution in [1.82, 2.24) is 19.6 Å². The number of nitrogens with zero attached hydrogens (tertiary/aromatic N) is 4. The molecule has 0 bridgehead atoms. The molecule has 0 aromatic heterocycles. The Labute approximate surface area is 129 Å². The Morgan fingerprint density at radius 3 is 2.59 bits per heavy atom. The van der Waals surface area contributed by atoms with Gasteiger partial charge in [-0.3, -0.25) is 19.4 Å². The second-order valence-corrected chi connectivity index (χ2v) is 5.80. The maximum atomic E-state index is 12.3. The predicted octanol–water partition coefficient (Wildman–Crippen LogP) is -1.19. The van der Waals surface area contributed by atoms with Crippen LogP contribution < -0.4 is 0 Å². The highest BCUT2D eigenvalue weighted by molar-refractivity contribution is 6.04. The van der Waals surface area contributed by atoms with Crippen molar-refractivity contribution >= 4 is 17.8 Å². The molecule has 3 rings (SSSR count). The van der Waals surface area contributed by atoms with Gasteiger partial charge in [-0.05, 0) is 6.92 Å². The molecule has 22 heavy (non-hydrogen) atoms. The van der Waals surface area contributed by atoms with Crippen molar-refractivity contribution in [2.45, 2.75) is 13.0 Å². The van der Waals surface area contributed by atoms with Crippen molar-refractivity contribution in [2.75, 3.05) is 59.0 Å². The summed E-state index contributed by atoms with van der Waals surface area (Å²) in [6, 6.07) is -0.629. The molecule has 3 fully saturated rings. The van der Waals surface area contributed by atoms with Crippen molar-refractivity contribution in [3.05, 3.63) is 0 Å². The summed E-state index contributed by atoms with van der Waals surface area (Å²) in [6.07, 6.45) is 0. The van der Waals surface area contributed by atoms with Gasteiger partial charge >= 0.3 is 6.03 Å². The largest absolute Gasteiger partial charge is 0.378 e. The fourth-order valence-corrected chi connectivity index (χ4v) is 3.25. The van der Waals surface area contributed by atoms with Gasteiger partial charge in [-0.2, -0.15) is 0 Å². The van der Waals surface area contributed by atoms with Crippen LogP contribution in [0.25, 0.3) is 0 Å². The lowest BCUT2D eigenvalue weighted by Gasteiger charge is -2.36. The number of likely N-dealkylation sites (N-methyl/N-ethyl adjacent to an activating group) is 1. The number of imide groups is 1. The average molecular weight is 310 g/mol. The highest BCUT2D eigenvalue weighted by Crippen LogP contribution is 2.21. The molecule has 8 nitrogen and oxygen atoms in total. The third kappa shape index (κ3) is 2.68. The molecule has 0 aromatic carbocycles. The summed E-state index contributed by atoms with van der Waals surface area (Å²) in [5, 5.41) is 0. The lowest BCUT2D eigenvalue weighted by atomic mass is 10.2. The van der Waals surface area contributed by atoms with Crippen LogP contribution in [0.5, 0.6) is 0 Å². The van der Waals surface area contributed by atoms with E-state index < -0.39 is 6.04 Å². The van der Waals surface area contributed by atoms with Gasteiger partial charge in [0.15, 0.2) is 0 Å². The number of carbonyl (C=O) groups is 3. The zero-order chi connectivity index (χ0) is 15.7. The second kappa shape index (κ2) is 6.21. The maximum Gasteiger partial charge on any atom is 0.327 e. The van der Waals surface area contributed by atoms with E-state index in [1.807, 2.05) is 4.90 Å². The summed E-state index contributed by atoms with van der Waals surface area (Å²) in [5.74, 6) is -0.0723. The van der Waals surface area contributed by atoms with E-state index in [1.165, 1.54) is 4.90 Å². The first-order valence-corrected chi connectivity index (χ1v) is 7.81. The molecule has 0 aliphatic carbocycles. The van der Waals surface area contributed by atoms with Gasteiger partial charge in [-0.25, -0.2) is 4.79 Å². The Balaban J connectivity index is 1.58. The van der Waals surface area contributed by atoms with Crippen LogP contribution >= 0.6 is 0 Å². The number of amides is 4. The van der Waals surface area contributed by atoms with Crippen LogP contribution in [-0.4, -0.2) is 103 Å². The molecular weight excluding hydrogens is 288 g/mol. The monoisotopic (exact) mass is 310 g/mol. The lowest BCUT2D eigenvalue weighted by Crippen LogP contribution is -2.55. The molecule has 3 aliphatic rings. The minimum absolute atomic E-state index is 0.0703. The number of fused-ring (bicyclic) bond motifs is 1. The Kier molecular flexibility index (Phi) is 4.30. The molecule has 4 amide bonds. The fraction of sp³-hybridized carbons (Fsp3) is 0.786. The number of morpholine rings is 1. The van der Waals surface area contributed by atoms with Crippen molar-refractivity contribution in [2.24, 2.45) is 0 Å². The summed E-state index contributed by atoms with van der Waals surface area (Å²) in [4.78, 5) is 43.3. The van der Waals surface area contributed by atoms with Crippen LogP contribution in [0.1, 0.15) is 6.92 Å². The second-order valence-electron chi connectivity index (χ2n) is 5.80. The number of ether oxygens (including phenoxy) is 1. The van der Waals surface area contributed by atoms with Gasteiger partial charge in [-0.1, -0.05) is 0 Å². The highest BCUT2D eigenvalue weighted by Gasteiger charge is 2.47. The minimum Gasteiger partial charge on any atom is -0.378 e. The predicted molar refractivity (Wildman–Crippen MR) is 77.1 cm³/mol. The van der Waals surface area contributed by atoms with Crippen LogP contribution in [0.3, 0.4) is 0 Å². The minimum atomic E-state index is -0.432. The zero-order valence-electron chi connectivity index (χ0n) is 12.9. The average Bonchev–Trinajstić information content (AvgIpc) is 2.79. The van der Waals surface area contributed by atoms with Crippen LogP contribution in [0.2, 0.25) is 0 Å². The van der Waals surface area contributed by atoms with Crippen LogP contribution in [0.15, 0.2) is 0 Å². The van der Waals surface area contributed by atoms with Crippen molar-refractivity contribution in [1.29, 1.82) is 0 Å². The standard InChI is InChI=1S/C14H22N4O4/c1-2-17-13(20)11-9-15(3-4-18(11)14(17)21)10-12(19)16-5-7-22-8-6-16/h11H,2-10H2,1H3. The first kappa shape index (κ1) is 15.2. The van der Waals surface area contributed by atoms with E-state index in [2.05, 4.69) is 0 Å². The lowest BCUT2D eigenvalue weighted by molar-refractivity contribution is -0.138. The topological polar surface area (TPSA) is 73.4 Å². The number of carbonyl (C=O) groups excluding carboxylic acids is 3. The van der Waals surface area contributed by atoms with E-state index in [4.69, 9.17) is 4.74 Å². The van der Waals surface area contributed by atoms with Gasteiger partial charge in [0, 0.05) is 39.3 Å². The summed E-state index contributed by atoms with van der Waals surface area (Å²) >= 11 is 0. The van der Waals surface area contributed by atoms with Gasteiger partial charge in [0.25, 0.3) is 5.91 Å². The van der Waals surface area contributed by atoms with Gasteiger partial charge in [-0.15, -0.1) is 0 Å². The number of hydrogen-bond donors (Lipinski definition) is 0. The summed E-state index contributed by atoms with van der Waals surface area (Å²) < 4.78 is 5.24. The Bertz CT molecular complexity index is 477. The first-order valence-electron chi connectivity index (χ1n) is 7.81. The number of hydrogen-bond acceptors (Lipinski definition) is 5. The fourth-order valence-electron chi connectivity index (χ4n) is 3.25. The van der Waals surface area contributed by atoms with E-state index in [1.54, 1.807) is 16.7 Å². The normalized spacial score (nSPS) is 26.6. The van der Waals surface area contributed by atoms with E-state index in [-0.39, 0.29) is 17.8 Å². The SMILES string of the molecule is CCN1C(=O)C2CN(CC(=O)N3CCOCC3)CCN2C1=O. The third-order valence-electron chi connectivity index (χ3n) is 4.53. The number of piperazine rings is 1. The molecule has 3 heterocycles. The molecule has 8 heteroatoms. The molecule has 1 unspecified atom stereocenters. The van der Waals surface area contributed by atoms with Gasteiger partial charge < -0.3 is 14.5 Å². The maximum absolute atomic E-state index is 12.3. The Morgan fingerprint density at radius 1 is 1.18 bits per heavy atom. The Morgan fingerprint density at radius 2 is 1.91 bits per heavy atom. The van der Waals surface area contributed by atoms with Crippen molar-refractivity contribution < 1.29 is 19.1 Å². The van der Waals surface area contributed by atoms with Gasteiger partial charge in [0.1, 0.15) is 6.04 Å².